The maximum atomic E-state index is 11.5. The number of hydrogen-bond acceptors (Lipinski definition) is 2. The molecule has 0 spiro atoms. The largest absolute Gasteiger partial charge is 0.299 e. The van der Waals surface area contributed by atoms with Crippen LogP contribution in [0.3, 0.4) is 0 Å². The van der Waals surface area contributed by atoms with E-state index in [1.165, 1.54) is 22.3 Å². The molecular weight excluding hydrogens is 392 g/mol. The molecule has 32 heavy (non-hydrogen) atoms. The maximum absolute atomic E-state index is 11.5. The SMILES string of the molecule is CC.CC.Cc1cc(C)c(-n2ccnc2-c2cc(C=O)ccc2C(C)(C)C(C)C)c(C)c1. The fraction of sp³-hybridized carbons (Fsp3) is 0.448. The van der Waals surface area contributed by atoms with E-state index in [-0.39, 0.29) is 5.41 Å². The molecule has 3 heteroatoms. The van der Waals surface area contributed by atoms with E-state index in [2.05, 4.69) is 71.2 Å². The lowest BCUT2D eigenvalue weighted by Gasteiger charge is -2.32. The molecular formula is C29H42N2O. The summed E-state index contributed by atoms with van der Waals surface area (Å²) in [7, 11) is 0. The Labute approximate surface area is 195 Å². The predicted octanol–water partition coefficient (Wildman–Crippen LogP) is 8.26. The standard InChI is InChI=1S/C25H30N2O.2C2H6/c1-16(2)25(6,7)22-9-8-20(15-28)14-21(22)24-26-10-11-27(24)23-18(4)12-17(3)13-19(23)5;2*1-2/h8-16H,1-7H3;2*1-2H3. The maximum Gasteiger partial charge on any atom is 0.150 e. The van der Waals surface area contributed by atoms with Gasteiger partial charge in [0.25, 0.3) is 0 Å². The Morgan fingerprint density at radius 2 is 1.50 bits per heavy atom. The number of carbonyl (C=O) groups excluding carboxylic acids is 1. The van der Waals surface area contributed by atoms with Crippen molar-refractivity contribution in [2.75, 3.05) is 0 Å². The van der Waals surface area contributed by atoms with Crippen LogP contribution in [0, 0.1) is 26.7 Å². The first-order chi connectivity index (χ1) is 15.2. The molecule has 0 unspecified atom stereocenters. The molecule has 0 saturated heterocycles. The van der Waals surface area contributed by atoms with Crippen molar-refractivity contribution in [3.05, 3.63) is 70.5 Å². The zero-order chi connectivity index (χ0) is 24.6. The van der Waals surface area contributed by atoms with Gasteiger partial charge in [-0.1, -0.05) is 85.2 Å². The Bertz CT molecular complexity index is 1000. The van der Waals surface area contributed by atoms with Crippen molar-refractivity contribution in [3.63, 3.8) is 0 Å². The van der Waals surface area contributed by atoms with Crippen molar-refractivity contribution >= 4 is 6.29 Å². The second kappa shape index (κ2) is 11.8. The molecule has 0 aliphatic carbocycles. The number of imidazole rings is 1. The lowest BCUT2D eigenvalue weighted by Crippen LogP contribution is -2.25. The van der Waals surface area contributed by atoms with Gasteiger partial charge in [-0.2, -0.15) is 0 Å². The second-order valence-electron chi connectivity index (χ2n) is 8.67. The highest BCUT2D eigenvalue weighted by atomic mass is 16.1. The van der Waals surface area contributed by atoms with Crippen molar-refractivity contribution in [2.45, 2.75) is 81.6 Å². The summed E-state index contributed by atoms with van der Waals surface area (Å²) in [5.41, 5.74) is 7.69. The molecule has 174 valence electrons. The van der Waals surface area contributed by atoms with Gasteiger partial charge in [0.2, 0.25) is 0 Å². The van der Waals surface area contributed by atoms with Crippen LogP contribution in [-0.2, 0) is 5.41 Å². The highest BCUT2D eigenvalue weighted by Gasteiger charge is 2.29. The van der Waals surface area contributed by atoms with Crippen molar-refractivity contribution in [2.24, 2.45) is 5.92 Å². The molecule has 3 aromatic rings. The molecule has 3 nitrogen and oxygen atoms in total. The average Bonchev–Trinajstić information content (AvgIpc) is 3.24. The summed E-state index contributed by atoms with van der Waals surface area (Å²) in [4.78, 5) is 16.2. The number of aromatic nitrogens is 2. The second-order valence-corrected chi connectivity index (χ2v) is 8.67. The van der Waals surface area contributed by atoms with Crippen LogP contribution in [0.15, 0.2) is 42.7 Å². The third-order valence-corrected chi connectivity index (χ3v) is 6.08. The van der Waals surface area contributed by atoms with E-state index in [0.29, 0.717) is 11.5 Å². The predicted molar refractivity (Wildman–Crippen MR) is 139 cm³/mol. The molecule has 0 aliphatic heterocycles. The first-order valence-corrected chi connectivity index (χ1v) is 11.9. The highest BCUT2D eigenvalue weighted by Crippen LogP contribution is 2.39. The van der Waals surface area contributed by atoms with E-state index in [1.807, 2.05) is 52.2 Å². The fourth-order valence-corrected chi connectivity index (χ4v) is 3.93. The highest BCUT2D eigenvalue weighted by molar-refractivity contribution is 5.80. The lowest BCUT2D eigenvalue weighted by molar-refractivity contribution is 0.112. The molecule has 0 amide bonds. The van der Waals surface area contributed by atoms with Gasteiger partial charge in [-0.3, -0.25) is 9.36 Å². The molecule has 0 bridgehead atoms. The molecule has 0 radical (unpaired) electrons. The molecule has 0 saturated carbocycles. The van der Waals surface area contributed by atoms with Crippen molar-refractivity contribution in [3.8, 4) is 17.1 Å². The quantitative estimate of drug-likeness (QED) is 0.379. The Morgan fingerprint density at radius 3 is 2.00 bits per heavy atom. The van der Waals surface area contributed by atoms with Crippen LogP contribution in [0.4, 0.5) is 0 Å². The van der Waals surface area contributed by atoms with Gasteiger partial charge < -0.3 is 0 Å². The van der Waals surface area contributed by atoms with Gasteiger partial charge in [0.15, 0.2) is 0 Å². The van der Waals surface area contributed by atoms with Crippen LogP contribution in [-0.4, -0.2) is 15.8 Å². The normalized spacial score (nSPS) is 10.8. The van der Waals surface area contributed by atoms with Gasteiger partial charge in [-0.05, 0) is 54.9 Å². The number of benzene rings is 2. The van der Waals surface area contributed by atoms with Crippen molar-refractivity contribution in [1.82, 2.24) is 9.55 Å². The van der Waals surface area contributed by atoms with Crippen LogP contribution in [0.1, 0.15) is 88.0 Å². The molecule has 0 fully saturated rings. The van der Waals surface area contributed by atoms with E-state index >= 15 is 0 Å². The minimum absolute atomic E-state index is 0.0507. The summed E-state index contributed by atoms with van der Waals surface area (Å²) in [5.74, 6) is 1.32. The smallest absolute Gasteiger partial charge is 0.150 e. The summed E-state index contributed by atoms with van der Waals surface area (Å²) in [6.07, 6.45) is 4.76. The molecule has 0 atom stereocenters. The van der Waals surface area contributed by atoms with Crippen LogP contribution >= 0.6 is 0 Å². The van der Waals surface area contributed by atoms with Gasteiger partial charge >= 0.3 is 0 Å². The average molecular weight is 435 g/mol. The number of aryl methyl sites for hydroxylation is 3. The van der Waals surface area contributed by atoms with Gasteiger partial charge in [0, 0.05) is 23.5 Å². The topological polar surface area (TPSA) is 34.9 Å². The van der Waals surface area contributed by atoms with Gasteiger partial charge in [0.1, 0.15) is 12.1 Å². The summed E-state index contributed by atoms with van der Waals surface area (Å²) < 4.78 is 2.16. The number of carbonyl (C=O) groups is 1. The number of rotatable bonds is 5. The molecule has 0 aliphatic rings. The minimum atomic E-state index is -0.0507. The number of nitrogens with zero attached hydrogens (tertiary/aromatic N) is 2. The number of aldehydes is 1. The molecule has 3 rings (SSSR count). The zero-order valence-electron chi connectivity index (χ0n) is 22.0. The molecule has 2 aromatic carbocycles. The van der Waals surface area contributed by atoms with Gasteiger partial charge in [-0.15, -0.1) is 0 Å². The first kappa shape index (κ1) is 27.4. The summed E-state index contributed by atoms with van der Waals surface area (Å²) >= 11 is 0. The van der Waals surface area contributed by atoms with Gasteiger partial charge in [-0.25, -0.2) is 4.98 Å². The van der Waals surface area contributed by atoms with E-state index < -0.39 is 0 Å². The van der Waals surface area contributed by atoms with Crippen LogP contribution < -0.4 is 0 Å². The Hall–Kier alpha value is -2.68. The van der Waals surface area contributed by atoms with Gasteiger partial charge in [0.05, 0.1) is 5.69 Å². The Kier molecular flexibility index (Phi) is 10.1. The molecule has 1 heterocycles. The fourth-order valence-electron chi connectivity index (χ4n) is 3.93. The monoisotopic (exact) mass is 434 g/mol. The van der Waals surface area contributed by atoms with E-state index in [0.717, 1.165) is 23.4 Å². The summed E-state index contributed by atoms with van der Waals surface area (Å²) in [5, 5.41) is 0. The van der Waals surface area contributed by atoms with Crippen molar-refractivity contribution < 1.29 is 4.79 Å². The third kappa shape index (κ3) is 5.56. The van der Waals surface area contributed by atoms with Crippen molar-refractivity contribution in [1.29, 1.82) is 0 Å². The van der Waals surface area contributed by atoms with E-state index in [4.69, 9.17) is 4.98 Å². The molecule has 0 N–H and O–H groups in total. The van der Waals surface area contributed by atoms with E-state index in [1.54, 1.807) is 0 Å². The summed E-state index contributed by atoms with van der Waals surface area (Å²) in [6.45, 7) is 23.4. The Balaban J connectivity index is 0.00000121. The van der Waals surface area contributed by atoms with Crippen LogP contribution in [0.2, 0.25) is 0 Å². The molecule has 1 aromatic heterocycles. The summed E-state index contributed by atoms with van der Waals surface area (Å²) in [6, 6.07) is 10.4. The zero-order valence-corrected chi connectivity index (χ0v) is 22.0. The van der Waals surface area contributed by atoms with Crippen LogP contribution in [0.25, 0.3) is 17.1 Å². The number of hydrogen-bond donors (Lipinski definition) is 0. The third-order valence-electron chi connectivity index (χ3n) is 6.08. The minimum Gasteiger partial charge on any atom is -0.299 e. The van der Waals surface area contributed by atoms with Crippen LogP contribution in [0.5, 0.6) is 0 Å². The Morgan fingerprint density at radius 1 is 0.938 bits per heavy atom. The van der Waals surface area contributed by atoms with E-state index in [9.17, 15) is 4.79 Å². The first-order valence-electron chi connectivity index (χ1n) is 11.9. The lowest BCUT2D eigenvalue weighted by atomic mass is 9.73.